The number of nitrogens with one attached hydrogen (secondary N) is 3. The highest BCUT2D eigenvalue weighted by atomic mass is 32.2. The molecule has 0 aliphatic heterocycles. The summed E-state index contributed by atoms with van der Waals surface area (Å²) < 4.78 is 27.0. The fraction of sp³-hybridized carbons (Fsp3) is 0.0833. The smallest absolute Gasteiger partial charge is 0.265 e. The van der Waals surface area contributed by atoms with Gasteiger partial charge >= 0.3 is 0 Å². The molecule has 0 atom stereocenters. The number of aryl methyl sites for hydroxylation is 1. The second kappa shape index (κ2) is 5.02. The second-order valence-electron chi connectivity index (χ2n) is 4.33. The van der Waals surface area contributed by atoms with E-state index in [1.165, 1.54) is 12.4 Å². The van der Waals surface area contributed by atoms with Gasteiger partial charge in [-0.2, -0.15) is 10.2 Å². The molecular formula is C12H12N6O2S. The number of rotatable bonds is 4. The molecule has 0 saturated carbocycles. The molecule has 9 heteroatoms. The Morgan fingerprint density at radius 1 is 1.24 bits per heavy atom. The molecule has 0 spiro atoms. The molecular weight excluding hydrogens is 292 g/mol. The average Bonchev–Trinajstić information content (AvgIpc) is 3.10. The first-order valence-corrected chi connectivity index (χ1v) is 7.54. The number of para-hydroxylation sites is 1. The summed E-state index contributed by atoms with van der Waals surface area (Å²) in [6, 6.07) is 6.92. The Morgan fingerprint density at radius 3 is 2.71 bits per heavy atom. The van der Waals surface area contributed by atoms with Gasteiger partial charge in [0, 0.05) is 11.8 Å². The predicted molar refractivity (Wildman–Crippen MR) is 76.0 cm³/mol. The number of benzene rings is 1. The first-order chi connectivity index (χ1) is 10.1. The van der Waals surface area contributed by atoms with Gasteiger partial charge < -0.3 is 0 Å². The van der Waals surface area contributed by atoms with Crippen LogP contribution in [0.5, 0.6) is 0 Å². The van der Waals surface area contributed by atoms with Crippen molar-refractivity contribution in [2.24, 2.45) is 0 Å². The van der Waals surface area contributed by atoms with Crippen LogP contribution in [-0.4, -0.2) is 33.8 Å². The molecule has 3 N–H and O–H groups in total. The van der Waals surface area contributed by atoms with Crippen molar-refractivity contribution < 1.29 is 8.42 Å². The molecule has 0 amide bonds. The van der Waals surface area contributed by atoms with E-state index in [9.17, 15) is 8.42 Å². The summed E-state index contributed by atoms with van der Waals surface area (Å²) in [4.78, 5) is 4.27. The van der Waals surface area contributed by atoms with E-state index >= 15 is 0 Å². The quantitative estimate of drug-likeness (QED) is 0.672. The number of aromatic nitrogens is 5. The lowest BCUT2D eigenvalue weighted by atomic mass is 10.2. The van der Waals surface area contributed by atoms with Gasteiger partial charge in [0.05, 0.1) is 11.9 Å². The molecule has 2 heterocycles. The average molecular weight is 304 g/mol. The molecule has 1 aromatic carbocycles. The molecule has 0 saturated heterocycles. The number of hydrogen-bond acceptors (Lipinski definition) is 5. The van der Waals surface area contributed by atoms with Crippen LogP contribution in [-0.2, 0) is 10.0 Å². The van der Waals surface area contributed by atoms with Crippen LogP contribution in [0.2, 0.25) is 0 Å². The van der Waals surface area contributed by atoms with Crippen molar-refractivity contribution in [3.63, 3.8) is 0 Å². The number of anilines is 1. The lowest BCUT2D eigenvalue weighted by Gasteiger charge is -2.09. The molecule has 21 heavy (non-hydrogen) atoms. The van der Waals surface area contributed by atoms with Gasteiger partial charge in [-0.3, -0.25) is 14.9 Å². The van der Waals surface area contributed by atoms with Gasteiger partial charge in [0.15, 0.2) is 5.82 Å². The van der Waals surface area contributed by atoms with E-state index in [-0.39, 0.29) is 4.90 Å². The van der Waals surface area contributed by atoms with Crippen LogP contribution in [0.25, 0.3) is 11.4 Å². The van der Waals surface area contributed by atoms with Gasteiger partial charge in [-0.05, 0) is 19.1 Å². The highest BCUT2D eigenvalue weighted by Gasteiger charge is 2.18. The predicted octanol–water partition coefficient (Wildman–Crippen LogP) is 1.30. The minimum absolute atomic E-state index is 0.0588. The van der Waals surface area contributed by atoms with Crippen LogP contribution >= 0.6 is 0 Å². The summed E-state index contributed by atoms with van der Waals surface area (Å²) >= 11 is 0. The number of nitrogens with zero attached hydrogens (tertiary/aromatic N) is 3. The van der Waals surface area contributed by atoms with E-state index in [4.69, 9.17) is 0 Å². The fourth-order valence-electron chi connectivity index (χ4n) is 1.82. The third kappa shape index (κ3) is 2.63. The lowest BCUT2D eigenvalue weighted by molar-refractivity contribution is 0.601. The Morgan fingerprint density at radius 2 is 2.05 bits per heavy atom. The second-order valence-corrected chi connectivity index (χ2v) is 6.01. The molecule has 0 fully saturated rings. The van der Waals surface area contributed by atoms with Crippen LogP contribution in [0.4, 0.5) is 5.69 Å². The van der Waals surface area contributed by atoms with E-state index in [1.54, 1.807) is 31.2 Å². The summed E-state index contributed by atoms with van der Waals surface area (Å²) in [6.07, 6.45) is 2.55. The minimum atomic E-state index is -3.70. The van der Waals surface area contributed by atoms with Crippen LogP contribution < -0.4 is 4.72 Å². The topological polar surface area (TPSA) is 116 Å². The number of aromatic amines is 2. The fourth-order valence-corrected chi connectivity index (χ4v) is 2.80. The van der Waals surface area contributed by atoms with Gasteiger partial charge in [0.2, 0.25) is 0 Å². The van der Waals surface area contributed by atoms with E-state index in [0.29, 0.717) is 22.9 Å². The van der Waals surface area contributed by atoms with E-state index < -0.39 is 10.0 Å². The van der Waals surface area contributed by atoms with Gasteiger partial charge in [-0.1, -0.05) is 12.1 Å². The Balaban J connectivity index is 2.01. The number of sulfonamides is 1. The zero-order valence-electron chi connectivity index (χ0n) is 11.0. The van der Waals surface area contributed by atoms with Crippen LogP contribution in [0.1, 0.15) is 5.82 Å². The largest absolute Gasteiger partial charge is 0.284 e. The van der Waals surface area contributed by atoms with Crippen molar-refractivity contribution in [3.05, 3.63) is 42.5 Å². The zero-order valence-corrected chi connectivity index (χ0v) is 11.8. The molecule has 0 bridgehead atoms. The maximum absolute atomic E-state index is 12.2. The van der Waals surface area contributed by atoms with Gasteiger partial charge in [0.25, 0.3) is 10.0 Å². The van der Waals surface area contributed by atoms with Crippen molar-refractivity contribution in [1.29, 1.82) is 0 Å². The maximum Gasteiger partial charge on any atom is 0.265 e. The Bertz CT molecular complexity index is 854. The Kier molecular flexibility index (Phi) is 3.18. The van der Waals surface area contributed by atoms with Crippen molar-refractivity contribution in [2.75, 3.05) is 4.72 Å². The normalized spacial score (nSPS) is 11.5. The maximum atomic E-state index is 12.2. The highest BCUT2D eigenvalue weighted by Crippen LogP contribution is 2.26. The molecule has 0 unspecified atom stereocenters. The Labute approximate surface area is 120 Å². The summed E-state index contributed by atoms with van der Waals surface area (Å²) in [5.74, 6) is 1.08. The zero-order chi connectivity index (χ0) is 14.9. The van der Waals surface area contributed by atoms with Gasteiger partial charge in [-0.15, -0.1) is 0 Å². The summed E-state index contributed by atoms with van der Waals surface area (Å²) in [6.45, 7) is 1.77. The molecule has 108 valence electrons. The summed E-state index contributed by atoms with van der Waals surface area (Å²) in [7, 11) is -3.70. The SMILES string of the molecule is Cc1nc(-c2ccccc2NS(=O)(=O)c2cn[nH]c2)n[nH]1. The molecule has 0 aliphatic carbocycles. The third-order valence-corrected chi connectivity index (χ3v) is 4.13. The highest BCUT2D eigenvalue weighted by molar-refractivity contribution is 7.92. The molecule has 3 aromatic rings. The molecule has 0 radical (unpaired) electrons. The first-order valence-electron chi connectivity index (χ1n) is 6.06. The first kappa shape index (κ1) is 13.3. The van der Waals surface area contributed by atoms with Crippen molar-refractivity contribution in [1.82, 2.24) is 25.4 Å². The van der Waals surface area contributed by atoms with Crippen molar-refractivity contribution >= 4 is 15.7 Å². The lowest BCUT2D eigenvalue weighted by Crippen LogP contribution is -2.13. The number of hydrogen-bond donors (Lipinski definition) is 3. The Hall–Kier alpha value is -2.68. The monoisotopic (exact) mass is 304 g/mol. The van der Waals surface area contributed by atoms with Crippen molar-refractivity contribution in [2.45, 2.75) is 11.8 Å². The van der Waals surface area contributed by atoms with Crippen molar-refractivity contribution in [3.8, 4) is 11.4 Å². The van der Waals surface area contributed by atoms with Crippen LogP contribution in [0, 0.1) is 6.92 Å². The third-order valence-electron chi connectivity index (χ3n) is 2.79. The van der Waals surface area contributed by atoms with Gasteiger partial charge in [-0.25, -0.2) is 13.4 Å². The van der Waals surface area contributed by atoms with Crippen LogP contribution in [0.15, 0.2) is 41.6 Å². The van der Waals surface area contributed by atoms with Gasteiger partial charge in [0.1, 0.15) is 10.7 Å². The molecule has 3 rings (SSSR count). The standard InChI is InChI=1S/C12H12N6O2S/c1-8-15-12(17-16-8)10-4-2-3-5-11(10)18-21(19,20)9-6-13-14-7-9/h2-7,18H,1H3,(H,13,14)(H,15,16,17). The van der Waals surface area contributed by atoms with E-state index in [0.717, 1.165) is 0 Å². The minimum Gasteiger partial charge on any atom is -0.284 e. The summed E-state index contributed by atoms with van der Waals surface area (Å²) in [5, 5.41) is 12.9. The number of H-pyrrole nitrogens is 2. The summed E-state index contributed by atoms with van der Waals surface area (Å²) in [5.41, 5.74) is 0.992. The van der Waals surface area contributed by atoms with E-state index in [2.05, 4.69) is 30.1 Å². The molecule has 8 nitrogen and oxygen atoms in total. The van der Waals surface area contributed by atoms with Crippen LogP contribution in [0.3, 0.4) is 0 Å². The molecule has 2 aromatic heterocycles. The molecule has 0 aliphatic rings. The van der Waals surface area contributed by atoms with E-state index in [1.807, 2.05) is 0 Å².